The standard InChI is InChI=1S/C26H34N2O4/c1-3-19-32-24-11-7-22(8-12-24)25(29)13-14-26(30)28-16-4-15-27(17-18-28)20-21-5-9-23(31-2)10-6-21/h5-12H,3-4,13-20H2,1-2H3. The van der Waals surface area contributed by atoms with Crippen LogP contribution >= 0.6 is 0 Å². The van der Waals surface area contributed by atoms with E-state index in [4.69, 9.17) is 9.47 Å². The maximum Gasteiger partial charge on any atom is 0.223 e. The summed E-state index contributed by atoms with van der Waals surface area (Å²) in [7, 11) is 1.67. The molecule has 1 aliphatic rings. The lowest BCUT2D eigenvalue weighted by Gasteiger charge is -2.22. The first kappa shape index (κ1) is 23.8. The van der Waals surface area contributed by atoms with Crippen LogP contribution in [0.5, 0.6) is 11.5 Å². The molecule has 0 atom stereocenters. The lowest BCUT2D eigenvalue weighted by molar-refractivity contribution is -0.131. The number of ether oxygens (including phenoxy) is 2. The van der Waals surface area contributed by atoms with Gasteiger partial charge in [0.15, 0.2) is 5.78 Å². The summed E-state index contributed by atoms with van der Waals surface area (Å²) in [6.07, 6.45) is 2.37. The van der Waals surface area contributed by atoms with Gasteiger partial charge in [0.1, 0.15) is 11.5 Å². The molecule has 3 rings (SSSR count). The predicted octanol–water partition coefficient (Wildman–Crippen LogP) is 4.18. The summed E-state index contributed by atoms with van der Waals surface area (Å²) >= 11 is 0. The second-order valence-electron chi connectivity index (χ2n) is 8.15. The zero-order chi connectivity index (χ0) is 22.8. The zero-order valence-electron chi connectivity index (χ0n) is 19.2. The van der Waals surface area contributed by atoms with E-state index in [1.165, 1.54) is 5.56 Å². The molecule has 1 aliphatic heterocycles. The van der Waals surface area contributed by atoms with Gasteiger partial charge in [-0.2, -0.15) is 0 Å². The Morgan fingerprint density at radius 2 is 1.59 bits per heavy atom. The summed E-state index contributed by atoms with van der Waals surface area (Å²) in [5.74, 6) is 1.68. The van der Waals surface area contributed by atoms with Gasteiger partial charge in [-0.25, -0.2) is 0 Å². The van der Waals surface area contributed by atoms with Crippen molar-refractivity contribution in [1.29, 1.82) is 0 Å². The molecular weight excluding hydrogens is 404 g/mol. The molecule has 0 N–H and O–H groups in total. The summed E-state index contributed by atoms with van der Waals surface area (Å²) in [6, 6.07) is 15.3. The van der Waals surface area contributed by atoms with E-state index in [0.29, 0.717) is 18.7 Å². The van der Waals surface area contributed by atoms with Gasteiger partial charge in [-0.3, -0.25) is 14.5 Å². The number of benzene rings is 2. The normalized spacial score (nSPS) is 14.6. The Labute approximate surface area is 191 Å². The van der Waals surface area contributed by atoms with Gasteiger partial charge in [-0.15, -0.1) is 0 Å². The van der Waals surface area contributed by atoms with Crippen molar-refractivity contribution < 1.29 is 19.1 Å². The average Bonchev–Trinajstić information content (AvgIpc) is 3.07. The van der Waals surface area contributed by atoms with Crippen LogP contribution in [-0.2, 0) is 11.3 Å². The molecule has 1 amide bonds. The molecule has 2 aromatic carbocycles. The third-order valence-corrected chi connectivity index (χ3v) is 5.72. The second kappa shape index (κ2) is 12.2. The SMILES string of the molecule is CCCOc1ccc(C(=O)CCC(=O)N2CCCN(Cc3ccc(OC)cc3)CC2)cc1. The lowest BCUT2D eigenvalue weighted by Crippen LogP contribution is -2.35. The average molecular weight is 439 g/mol. The van der Waals surface area contributed by atoms with Gasteiger partial charge in [-0.1, -0.05) is 19.1 Å². The highest BCUT2D eigenvalue weighted by Crippen LogP contribution is 2.16. The van der Waals surface area contributed by atoms with Crippen LogP contribution in [0.3, 0.4) is 0 Å². The molecule has 1 heterocycles. The molecule has 0 aliphatic carbocycles. The Bertz CT molecular complexity index is 864. The van der Waals surface area contributed by atoms with E-state index in [9.17, 15) is 9.59 Å². The van der Waals surface area contributed by atoms with Crippen molar-refractivity contribution in [3.05, 3.63) is 59.7 Å². The fourth-order valence-corrected chi connectivity index (χ4v) is 3.85. The predicted molar refractivity (Wildman–Crippen MR) is 125 cm³/mol. The van der Waals surface area contributed by atoms with Crippen molar-refractivity contribution in [3.63, 3.8) is 0 Å². The highest BCUT2D eigenvalue weighted by molar-refractivity contribution is 5.98. The van der Waals surface area contributed by atoms with E-state index in [0.717, 1.165) is 50.5 Å². The summed E-state index contributed by atoms with van der Waals surface area (Å²) in [6.45, 7) is 6.82. The maximum atomic E-state index is 12.7. The van der Waals surface area contributed by atoms with Crippen molar-refractivity contribution in [2.75, 3.05) is 39.9 Å². The number of carbonyl (C=O) groups excluding carboxylic acids is 2. The molecular formula is C26H34N2O4. The van der Waals surface area contributed by atoms with Crippen molar-refractivity contribution in [2.24, 2.45) is 0 Å². The first-order valence-electron chi connectivity index (χ1n) is 11.5. The molecule has 32 heavy (non-hydrogen) atoms. The number of amides is 1. The topological polar surface area (TPSA) is 59.1 Å². The highest BCUT2D eigenvalue weighted by Gasteiger charge is 2.20. The third-order valence-electron chi connectivity index (χ3n) is 5.72. The Balaban J connectivity index is 1.43. The van der Waals surface area contributed by atoms with Crippen molar-refractivity contribution in [1.82, 2.24) is 9.80 Å². The molecule has 0 spiro atoms. The number of hydrogen-bond acceptors (Lipinski definition) is 5. The molecule has 0 bridgehead atoms. The third kappa shape index (κ3) is 7.09. The number of Topliss-reactive ketones (excluding diaryl/α,β-unsaturated/α-hetero) is 1. The number of hydrogen-bond donors (Lipinski definition) is 0. The summed E-state index contributed by atoms with van der Waals surface area (Å²) < 4.78 is 10.8. The van der Waals surface area contributed by atoms with Crippen LogP contribution in [-0.4, -0.2) is 61.4 Å². The van der Waals surface area contributed by atoms with Crippen LogP contribution in [0.25, 0.3) is 0 Å². The van der Waals surface area contributed by atoms with Crippen LogP contribution in [0, 0.1) is 0 Å². The Hall–Kier alpha value is -2.86. The van der Waals surface area contributed by atoms with E-state index in [1.54, 1.807) is 19.2 Å². The molecule has 6 nitrogen and oxygen atoms in total. The van der Waals surface area contributed by atoms with Gasteiger partial charge in [0, 0.05) is 51.1 Å². The molecule has 172 valence electrons. The Morgan fingerprint density at radius 1 is 0.875 bits per heavy atom. The monoisotopic (exact) mass is 438 g/mol. The van der Waals surface area contributed by atoms with E-state index in [1.807, 2.05) is 29.2 Å². The quantitative estimate of drug-likeness (QED) is 0.521. The molecule has 1 fully saturated rings. The maximum absolute atomic E-state index is 12.7. The van der Waals surface area contributed by atoms with E-state index in [2.05, 4.69) is 24.0 Å². The number of methoxy groups -OCH3 is 1. The molecule has 0 radical (unpaired) electrons. The van der Waals surface area contributed by atoms with E-state index < -0.39 is 0 Å². The van der Waals surface area contributed by atoms with E-state index >= 15 is 0 Å². The van der Waals surface area contributed by atoms with Crippen LogP contribution in [0.4, 0.5) is 0 Å². The van der Waals surface area contributed by atoms with Gasteiger partial charge in [0.2, 0.25) is 5.91 Å². The molecule has 1 saturated heterocycles. The summed E-state index contributed by atoms with van der Waals surface area (Å²) in [5, 5.41) is 0. The zero-order valence-corrected chi connectivity index (χ0v) is 19.2. The van der Waals surface area contributed by atoms with Crippen LogP contribution in [0.1, 0.15) is 48.5 Å². The van der Waals surface area contributed by atoms with Crippen molar-refractivity contribution in [3.8, 4) is 11.5 Å². The van der Waals surface area contributed by atoms with Gasteiger partial charge in [0.05, 0.1) is 13.7 Å². The number of carbonyl (C=O) groups is 2. The summed E-state index contributed by atoms with van der Waals surface area (Å²) in [5.41, 5.74) is 1.87. The van der Waals surface area contributed by atoms with Crippen LogP contribution in [0.2, 0.25) is 0 Å². The van der Waals surface area contributed by atoms with Crippen LogP contribution in [0.15, 0.2) is 48.5 Å². The smallest absolute Gasteiger partial charge is 0.223 e. The number of nitrogens with zero attached hydrogens (tertiary/aromatic N) is 2. The fourth-order valence-electron chi connectivity index (χ4n) is 3.85. The fraction of sp³-hybridized carbons (Fsp3) is 0.462. The number of ketones is 1. The summed E-state index contributed by atoms with van der Waals surface area (Å²) in [4.78, 5) is 29.5. The first-order valence-corrected chi connectivity index (χ1v) is 11.5. The first-order chi connectivity index (χ1) is 15.6. The second-order valence-corrected chi connectivity index (χ2v) is 8.15. The molecule has 0 aromatic heterocycles. The molecule has 6 heteroatoms. The minimum atomic E-state index is -0.00338. The largest absolute Gasteiger partial charge is 0.497 e. The Morgan fingerprint density at radius 3 is 2.28 bits per heavy atom. The van der Waals surface area contributed by atoms with Gasteiger partial charge in [0.25, 0.3) is 0 Å². The highest BCUT2D eigenvalue weighted by atomic mass is 16.5. The molecule has 0 saturated carbocycles. The van der Waals surface area contributed by atoms with E-state index in [-0.39, 0.29) is 24.5 Å². The van der Waals surface area contributed by atoms with Gasteiger partial charge in [-0.05, 0) is 54.8 Å². The van der Waals surface area contributed by atoms with Crippen molar-refractivity contribution >= 4 is 11.7 Å². The molecule has 0 unspecified atom stereocenters. The van der Waals surface area contributed by atoms with Crippen LogP contribution < -0.4 is 9.47 Å². The van der Waals surface area contributed by atoms with Gasteiger partial charge >= 0.3 is 0 Å². The number of rotatable bonds is 10. The lowest BCUT2D eigenvalue weighted by atomic mass is 10.1. The minimum Gasteiger partial charge on any atom is -0.497 e. The Kier molecular flexibility index (Phi) is 9.11. The molecule has 2 aromatic rings. The minimum absolute atomic E-state index is 0.00338. The van der Waals surface area contributed by atoms with Crippen molar-refractivity contribution in [2.45, 2.75) is 39.2 Å². The van der Waals surface area contributed by atoms with Gasteiger partial charge < -0.3 is 14.4 Å².